The Hall–Kier alpha value is -1.59. The van der Waals surface area contributed by atoms with Gasteiger partial charge in [0, 0.05) is 13.1 Å². The highest BCUT2D eigenvalue weighted by Crippen LogP contribution is 2.32. The van der Waals surface area contributed by atoms with E-state index in [4.69, 9.17) is 9.47 Å². The molecule has 1 aromatic rings. The number of carbonyl (C=O) groups is 1. The van der Waals surface area contributed by atoms with Crippen LogP contribution in [0.2, 0.25) is 0 Å². The smallest absolute Gasteiger partial charge is 0.234 e. The summed E-state index contributed by atoms with van der Waals surface area (Å²) in [6.07, 6.45) is 3.17. The monoisotopic (exact) mass is 304 g/mol. The molecular formula is C17H24N2O3. The average molecular weight is 304 g/mol. The third kappa shape index (κ3) is 3.59. The lowest BCUT2D eigenvalue weighted by atomic mass is 9.87. The van der Waals surface area contributed by atoms with Crippen molar-refractivity contribution in [3.63, 3.8) is 0 Å². The number of rotatable bonds is 4. The summed E-state index contributed by atoms with van der Waals surface area (Å²) in [6, 6.07) is 6.29. The molecule has 1 aliphatic heterocycles. The summed E-state index contributed by atoms with van der Waals surface area (Å²) in [5.41, 5.74) is 2.53. The topological polar surface area (TPSA) is 50.8 Å². The maximum Gasteiger partial charge on any atom is 0.234 e. The highest BCUT2D eigenvalue weighted by molar-refractivity contribution is 5.78. The van der Waals surface area contributed by atoms with Gasteiger partial charge in [-0.1, -0.05) is 6.07 Å². The van der Waals surface area contributed by atoms with E-state index in [2.05, 4.69) is 22.3 Å². The van der Waals surface area contributed by atoms with Gasteiger partial charge in [0.1, 0.15) is 5.75 Å². The molecule has 120 valence electrons. The first kappa shape index (κ1) is 15.3. The largest absolute Gasteiger partial charge is 0.497 e. The molecule has 1 amide bonds. The van der Waals surface area contributed by atoms with Gasteiger partial charge in [-0.05, 0) is 42.5 Å². The van der Waals surface area contributed by atoms with Gasteiger partial charge in [0.2, 0.25) is 5.91 Å². The van der Waals surface area contributed by atoms with E-state index in [9.17, 15) is 4.79 Å². The molecule has 1 saturated heterocycles. The summed E-state index contributed by atoms with van der Waals surface area (Å²) in [6.45, 7) is 3.59. The minimum atomic E-state index is 0.107. The molecule has 5 heteroatoms. The minimum absolute atomic E-state index is 0.107. The molecule has 1 N–H and O–H groups in total. The van der Waals surface area contributed by atoms with Crippen LogP contribution >= 0.6 is 0 Å². The molecule has 0 radical (unpaired) electrons. The van der Waals surface area contributed by atoms with Crippen molar-refractivity contribution < 1.29 is 14.3 Å². The van der Waals surface area contributed by atoms with Gasteiger partial charge in [-0.3, -0.25) is 9.69 Å². The zero-order valence-electron chi connectivity index (χ0n) is 13.1. The molecule has 0 aromatic heterocycles. The Balaban J connectivity index is 1.62. The lowest BCUT2D eigenvalue weighted by molar-refractivity contribution is -0.124. The van der Waals surface area contributed by atoms with Crippen molar-refractivity contribution in [1.29, 1.82) is 0 Å². The van der Waals surface area contributed by atoms with E-state index in [0.29, 0.717) is 6.54 Å². The van der Waals surface area contributed by atoms with Crippen LogP contribution in [0.4, 0.5) is 0 Å². The Morgan fingerprint density at radius 3 is 3.00 bits per heavy atom. The third-order valence-corrected chi connectivity index (χ3v) is 4.47. The van der Waals surface area contributed by atoms with Crippen molar-refractivity contribution in [2.75, 3.05) is 40.0 Å². The Morgan fingerprint density at radius 2 is 2.23 bits per heavy atom. The van der Waals surface area contributed by atoms with Crippen molar-refractivity contribution in [2.45, 2.75) is 25.3 Å². The predicted octanol–water partition coefficient (Wildman–Crippen LogP) is 1.52. The van der Waals surface area contributed by atoms with Gasteiger partial charge in [-0.2, -0.15) is 0 Å². The molecule has 1 atom stereocenters. The molecule has 1 aliphatic carbocycles. The molecule has 3 rings (SSSR count). The van der Waals surface area contributed by atoms with Crippen LogP contribution in [-0.4, -0.2) is 50.8 Å². The minimum Gasteiger partial charge on any atom is -0.497 e. The average Bonchev–Trinajstić information content (AvgIpc) is 2.55. The third-order valence-electron chi connectivity index (χ3n) is 4.47. The number of nitrogens with zero attached hydrogens (tertiary/aromatic N) is 1. The Labute approximate surface area is 131 Å². The Morgan fingerprint density at radius 1 is 1.41 bits per heavy atom. The van der Waals surface area contributed by atoms with Crippen molar-refractivity contribution >= 4 is 5.91 Å². The highest BCUT2D eigenvalue weighted by Gasteiger charge is 2.23. The van der Waals surface area contributed by atoms with E-state index in [1.54, 1.807) is 7.11 Å². The normalized spacial score (nSPS) is 22.0. The number of hydrogen-bond acceptors (Lipinski definition) is 4. The number of methoxy groups -OCH3 is 1. The number of nitrogens with one attached hydrogen (secondary N) is 1. The maximum absolute atomic E-state index is 12.3. The van der Waals surface area contributed by atoms with Gasteiger partial charge < -0.3 is 14.8 Å². The lowest BCUT2D eigenvalue weighted by Crippen LogP contribution is -2.44. The fourth-order valence-corrected chi connectivity index (χ4v) is 3.27. The highest BCUT2D eigenvalue weighted by atomic mass is 16.5. The molecule has 2 aliphatic rings. The second-order valence-electron chi connectivity index (χ2n) is 5.97. The molecule has 0 spiro atoms. The van der Waals surface area contributed by atoms with Crippen molar-refractivity contribution in [2.24, 2.45) is 0 Å². The number of carbonyl (C=O) groups excluding carboxylic acids is 1. The molecule has 5 nitrogen and oxygen atoms in total. The van der Waals surface area contributed by atoms with Gasteiger partial charge in [-0.15, -0.1) is 0 Å². The van der Waals surface area contributed by atoms with Crippen LogP contribution in [0, 0.1) is 0 Å². The van der Waals surface area contributed by atoms with Crippen LogP contribution in [0.5, 0.6) is 5.75 Å². The van der Waals surface area contributed by atoms with E-state index in [1.807, 2.05) is 6.07 Å². The zero-order chi connectivity index (χ0) is 15.4. The van der Waals surface area contributed by atoms with Crippen molar-refractivity contribution in [3.05, 3.63) is 29.3 Å². The summed E-state index contributed by atoms with van der Waals surface area (Å²) in [5.74, 6) is 0.995. The Bertz CT molecular complexity index is 527. The molecule has 0 saturated carbocycles. The summed E-state index contributed by atoms with van der Waals surface area (Å²) in [7, 11) is 1.69. The first-order valence-electron chi connectivity index (χ1n) is 8.02. The first-order chi connectivity index (χ1) is 10.8. The standard InChI is InChI=1S/C17H24N2O3/c1-21-14-5-6-15-13(11-14)3-2-4-16(15)18-17(20)12-19-7-9-22-10-8-19/h5-6,11,16H,2-4,7-10,12H2,1H3,(H,18,20). The van der Waals surface area contributed by atoms with E-state index in [1.165, 1.54) is 11.1 Å². The van der Waals surface area contributed by atoms with Crippen LogP contribution in [-0.2, 0) is 16.0 Å². The van der Waals surface area contributed by atoms with Crippen LogP contribution in [0.3, 0.4) is 0 Å². The van der Waals surface area contributed by atoms with E-state index < -0.39 is 0 Å². The van der Waals surface area contributed by atoms with Crippen molar-refractivity contribution in [1.82, 2.24) is 10.2 Å². The number of ether oxygens (including phenoxy) is 2. The lowest BCUT2D eigenvalue weighted by Gasteiger charge is -2.29. The van der Waals surface area contributed by atoms with E-state index in [-0.39, 0.29) is 11.9 Å². The SMILES string of the molecule is COc1ccc2c(c1)CCCC2NC(=O)CN1CCOCC1. The number of morpholine rings is 1. The fourth-order valence-electron chi connectivity index (χ4n) is 3.27. The molecule has 1 heterocycles. The summed E-state index contributed by atoms with van der Waals surface area (Å²) in [4.78, 5) is 14.4. The van der Waals surface area contributed by atoms with Crippen LogP contribution in [0.1, 0.15) is 30.0 Å². The number of benzene rings is 1. The molecule has 0 bridgehead atoms. The summed E-state index contributed by atoms with van der Waals surface area (Å²) < 4.78 is 10.6. The van der Waals surface area contributed by atoms with Gasteiger partial charge in [0.15, 0.2) is 0 Å². The van der Waals surface area contributed by atoms with E-state index >= 15 is 0 Å². The van der Waals surface area contributed by atoms with Gasteiger partial charge >= 0.3 is 0 Å². The number of hydrogen-bond donors (Lipinski definition) is 1. The number of aryl methyl sites for hydroxylation is 1. The molecule has 22 heavy (non-hydrogen) atoms. The molecule has 1 aromatic carbocycles. The molecule has 1 unspecified atom stereocenters. The van der Waals surface area contributed by atoms with Crippen LogP contribution in [0.25, 0.3) is 0 Å². The second-order valence-corrected chi connectivity index (χ2v) is 5.97. The first-order valence-corrected chi connectivity index (χ1v) is 8.02. The van der Waals surface area contributed by atoms with Gasteiger partial charge in [-0.25, -0.2) is 0 Å². The van der Waals surface area contributed by atoms with Gasteiger partial charge in [0.25, 0.3) is 0 Å². The second kappa shape index (κ2) is 7.11. The summed E-state index contributed by atoms with van der Waals surface area (Å²) in [5, 5.41) is 3.20. The quantitative estimate of drug-likeness (QED) is 0.916. The van der Waals surface area contributed by atoms with Crippen LogP contribution < -0.4 is 10.1 Å². The van der Waals surface area contributed by atoms with Gasteiger partial charge in [0.05, 0.1) is 32.9 Å². The Kier molecular flexibility index (Phi) is 4.95. The summed E-state index contributed by atoms with van der Waals surface area (Å²) >= 11 is 0. The fraction of sp³-hybridized carbons (Fsp3) is 0.588. The molecular weight excluding hydrogens is 280 g/mol. The van der Waals surface area contributed by atoms with Crippen molar-refractivity contribution in [3.8, 4) is 5.75 Å². The number of fused-ring (bicyclic) bond motifs is 1. The predicted molar refractivity (Wildman–Crippen MR) is 84.1 cm³/mol. The maximum atomic E-state index is 12.3. The zero-order valence-corrected chi connectivity index (χ0v) is 13.1. The van der Waals surface area contributed by atoms with Crippen LogP contribution in [0.15, 0.2) is 18.2 Å². The van der Waals surface area contributed by atoms with E-state index in [0.717, 1.165) is 51.3 Å². The number of amides is 1. The molecule has 1 fully saturated rings.